The molecule has 0 bridgehead atoms. The standard InChI is InChI=1S/C13H12Cl2N2O/c14-8-4-5-9(11(15)7-8)12-10-3-1-2-6-16-13(10)18-17-12/h4-5,7,16H,1-3,6H2. The lowest BCUT2D eigenvalue weighted by atomic mass is 10.0. The Hall–Kier alpha value is -1.19. The quantitative estimate of drug-likeness (QED) is 0.843. The fourth-order valence-corrected chi connectivity index (χ4v) is 2.70. The Labute approximate surface area is 115 Å². The van der Waals surface area contributed by atoms with Crippen molar-refractivity contribution in [2.24, 2.45) is 0 Å². The summed E-state index contributed by atoms with van der Waals surface area (Å²) in [5, 5.41) is 8.60. The van der Waals surface area contributed by atoms with Crippen LogP contribution >= 0.6 is 23.2 Å². The average Bonchev–Trinajstić information content (AvgIpc) is 2.59. The van der Waals surface area contributed by atoms with Gasteiger partial charge in [0.25, 0.3) is 0 Å². The number of hydrogen-bond acceptors (Lipinski definition) is 3. The highest BCUT2D eigenvalue weighted by Gasteiger charge is 2.20. The van der Waals surface area contributed by atoms with E-state index in [-0.39, 0.29) is 0 Å². The fraction of sp³-hybridized carbons (Fsp3) is 0.308. The average molecular weight is 283 g/mol. The van der Waals surface area contributed by atoms with Gasteiger partial charge < -0.3 is 9.84 Å². The minimum absolute atomic E-state index is 0.600. The molecule has 1 aromatic carbocycles. The van der Waals surface area contributed by atoms with Crippen LogP contribution in [0.15, 0.2) is 22.7 Å². The number of nitrogens with zero attached hydrogens (tertiary/aromatic N) is 1. The van der Waals surface area contributed by atoms with E-state index in [4.69, 9.17) is 27.7 Å². The number of nitrogens with one attached hydrogen (secondary N) is 1. The van der Waals surface area contributed by atoms with Crippen LogP contribution in [-0.4, -0.2) is 11.7 Å². The molecule has 2 aromatic rings. The molecular formula is C13H12Cl2N2O. The summed E-state index contributed by atoms with van der Waals surface area (Å²) in [5.74, 6) is 0.772. The lowest BCUT2D eigenvalue weighted by Crippen LogP contribution is -1.97. The molecule has 0 radical (unpaired) electrons. The van der Waals surface area contributed by atoms with Crippen LogP contribution in [0.25, 0.3) is 11.3 Å². The summed E-state index contributed by atoms with van der Waals surface area (Å²) >= 11 is 12.1. The van der Waals surface area contributed by atoms with Crippen LogP contribution in [0.3, 0.4) is 0 Å². The van der Waals surface area contributed by atoms with Gasteiger partial charge >= 0.3 is 0 Å². The van der Waals surface area contributed by atoms with Gasteiger partial charge in [-0.2, -0.15) is 0 Å². The van der Waals surface area contributed by atoms with Crippen LogP contribution in [0, 0.1) is 0 Å². The third kappa shape index (κ3) is 2.08. The SMILES string of the molecule is Clc1ccc(-c2noc3c2CCCCN3)c(Cl)c1. The van der Waals surface area contributed by atoms with Crippen LogP contribution in [-0.2, 0) is 6.42 Å². The molecule has 2 heterocycles. The van der Waals surface area contributed by atoms with Gasteiger partial charge in [0, 0.05) is 22.7 Å². The van der Waals surface area contributed by atoms with Crippen molar-refractivity contribution in [2.75, 3.05) is 11.9 Å². The summed E-state index contributed by atoms with van der Waals surface area (Å²) in [6, 6.07) is 5.42. The molecule has 0 atom stereocenters. The van der Waals surface area contributed by atoms with Crippen LogP contribution in [0.2, 0.25) is 10.0 Å². The molecule has 1 N–H and O–H groups in total. The first-order chi connectivity index (χ1) is 8.75. The summed E-state index contributed by atoms with van der Waals surface area (Å²) < 4.78 is 5.35. The zero-order valence-corrected chi connectivity index (χ0v) is 11.2. The van der Waals surface area contributed by atoms with E-state index in [9.17, 15) is 0 Å². The van der Waals surface area contributed by atoms with Crippen molar-refractivity contribution in [1.82, 2.24) is 5.16 Å². The van der Waals surface area contributed by atoms with Crippen LogP contribution in [0.5, 0.6) is 0 Å². The first-order valence-electron chi connectivity index (χ1n) is 5.93. The van der Waals surface area contributed by atoms with Gasteiger partial charge in [0.2, 0.25) is 5.88 Å². The summed E-state index contributed by atoms with van der Waals surface area (Å²) in [5.41, 5.74) is 2.80. The number of anilines is 1. The first kappa shape index (κ1) is 11.9. The Balaban J connectivity index is 2.09. The maximum absolute atomic E-state index is 6.22. The molecule has 0 saturated carbocycles. The van der Waals surface area contributed by atoms with Crippen molar-refractivity contribution in [3.8, 4) is 11.3 Å². The molecule has 0 fully saturated rings. The minimum atomic E-state index is 0.600. The lowest BCUT2D eigenvalue weighted by molar-refractivity contribution is 0.434. The molecule has 3 nitrogen and oxygen atoms in total. The predicted octanol–water partition coefficient (Wildman–Crippen LogP) is 4.40. The second-order valence-electron chi connectivity index (χ2n) is 4.35. The molecule has 94 valence electrons. The number of fused-ring (bicyclic) bond motifs is 1. The van der Waals surface area contributed by atoms with Crippen molar-refractivity contribution in [3.05, 3.63) is 33.8 Å². The molecule has 3 rings (SSSR count). The van der Waals surface area contributed by atoms with Gasteiger partial charge in [-0.15, -0.1) is 0 Å². The fourth-order valence-electron chi connectivity index (χ4n) is 2.20. The first-order valence-corrected chi connectivity index (χ1v) is 6.69. The number of halogens is 2. The Morgan fingerprint density at radius 3 is 2.94 bits per heavy atom. The number of benzene rings is 1. The highest BCUT2D eigenvalue weighted by molar-refractivity contribution is 6.36. The van der Waals surface area contributed by atoms with E-state index in [1.54, 1.807) is 6.07 Å². The second kappa shape index (κ2) is 4.82. The molecule has 1 aliphatic rings. The van der Waals surface area contributed by atoms with Gasteiger partial charge in [0.1, 0.15) is 5.69 Å². The van der Waals surface area contributed by atoms with Gasteiger partial charge in [-0.3, -0.25) is 0 Å². The molecule has 0 saturated heterocycles. The summed E-state index contributed by atoms with van der Waals surface area (Å²) in [6.07, 6.45) is 3.22. The van der Waals surface area contributed by atoms with Gasteiger partial charge in [-0.05, 0) is 37.5 Å². The van der Waals surface area contributed by atoms with Crippen molar-refractivity contribution in [1.29, 1.82) is 0 Å². The van der Waals surface area contributed by atoms with Gasteiger partial charge in [-0.25, -0.2) is 0 Å². The molecule has 18 heavy (non-hydrogen) atoms. The third-order valence-corrected chi connectivity index (χ3v) is 3.66. The van der Waals surface area contributed by atoms with E-state index in [2.05, 4.69) is 10.5 Å². The Kier molecular flexibility index (Phi) is 3.18. The van der Waals surface area contributed by atoms with Gasteiger partial charge in [-0.1, -0.05) is 28.4 Å². The van der Waals surface area contributed by atoms with Gasteiger partial charge in [0.15, 0.2) is 0 Å². The van der Waals surface area contributed by atoms with Gasteiger partial charge in [0.05, 0.1) is 5.02 Å². The highest BCUT2D eigenvalue weighted by atomic mass is 35.5. The Bertz CT molecular complexity index is 580. The molecule has 0 aliphatic carbocycles. The Morgan fingerprint density at radius 1 is 1.22 bits per heavy atom. The molecule has 5 heteroatoms. The normalized spacial score (nSPS) is 14.8. The molecule has 1 aromatic heterocycles. The van der Waals surface area contributed by atoms with E-state index >= 15 is 0 Å². The van der Waals surface area contributed by atoms with Crippen LogP contribution in [0.4, 0.5) is 5.88 Å². The van der Waals surface area contributed by atoms with E-state index in [1.807, 2.05) is 12.1 Å². The largest absolute Gasteiger partial charge is 0.354 e. The van der Waals surface area contributed by atoms with E-state index in [0.29, 0.717) is 10.0 Å². The van der Waals surface area contributed by atoms with Crippen molar-refractivity contribution < 1.29 is 4.52 Å². The highest BCUT2D eigenvalue weighted by Crippen LogP contribution is 2.36. The monoisotopic (exact) mass is 282 g/mol. The Morgan fingerprint density at radius 2 is 2.11 bits per heavy atom. The lowest BCUT2D eigenvalue weighted by Gasteiger charge is -2.03. The zero-order chi connectivity index (χ0) is 12.5. The van der Waals surface area contributed by atoms with Crippen LogP contribution in [0.1, 0.15) is 18.4 Å². The smallest absolute Gasteiger partial charge is 0.228 e. The minimum Gasteiger partial charge on any atom is -0.354 e. The number of aromatic nitrogens is 1. The molecule has 0 spiro atoms. The topological polar surface area (TPSA) is 38.1 Å². The second-order valence-corrected chi connectivity index (χ2v) is 5.19. The summed E-state index contributed by atoms with van der Waals surface area (Å²) in [7, 11) is 0. The zero-order valence-electron chi connectivity index (χ0n) is 9.67. The van der Waals surface area contributed by atoms with Crippen molar-refractivity contribution >= 4 is 29.1 Å². The van der Waals surface area contributed by atoms with Crippen LogP contribution < -0.4 is 5.32 Å². The number of rotatable bonds is 1. The van der Waals surface area contributed by atoms with Crippen molar-refractivity contribution in [3.63, 3.8) is 0 Å². The predicted molar refractivity (Wildman–Crippen MR) is 73.4 cm³/mol. The summed E-state index contributed by atoms with van der Waals surface area (Å²) in [6.45, 7) is 0.927. The molecule has 0 unspecified atom stereocenters. The summed E-state index contributed by atoms with van der Waals surface area (Å²) in [4.78, 5) is 0. The van der Waals surface area contributed by atoms with E-state index in [0.717, 1.165) is 48.5 Å². The maximum atomic E-state index is 6.22. The third-order valence-electron chi connectivity index (χ3n) is 3.11. The molecule has 0 amide bonds. The molecule has 1 aliphatic heterocycles. The van der Waals surface area contributed by atoms with Crippen molar-refractivity contribution in [2.45, 2.75) is 19.3 Å². The molecular weight excluding hydrogens is 271 g/mol. The van der Waals surface area contributed by atoms with E-state index < -0.39 is 0 Å². The number of hydrogen-bond donors (Lipinski definition) is 1. The van der Waals surface area contributed by atoms with E-state index in [1.165, 1.54) is 0 Å². The maximum Gasteiger partial charge on any atom is 0.228 e.